The molecule has 0 aliphatic carbocycles. The molecular weight excluding hydrogens is 308 g/mol. The van der Waals surface area contributed by atoms with Crippen LogP contribution >= 0.6 is 11.6 Å². The number of pyridine rings is 1. The number of hydrogen-bond acceptors (Lipinski definition) is 5. The lowest BCUT2D eigenvalue weighted by molar-refractivity contribution is 0.0179. The molecule has 0 atom stereocenters. The van der Waals surface area contributed by atoms with Gasteiger partial charge in [-0.15, -0.1) is 0 Å². The molecule has 0 radical (unpaired) electrons. The maximum Gasteiger partial charge on any atom is 0.294 e. The van der Waals surface area contributed by atoms with Crippen molar-refractivity contribution in [1.82, 2.24) is 20.2 Å². The first-order valence-corrected chi connectivity index (χ1v) is 7.13. The summed E-state index contributed by atoms with van der Waals surface area (Å²) in [6, 6.07) is 4.75. The molecule has 22 heavy (non-hydrogen) atoms. The summed E-state index contributed by atoms with van der Waals surface area (Å²) in [6.45, 7) is 2.58. The van der Waals surface area contributed by atoms with Gasteiger partial charge in [0.25, 0.3) is 11.8 Å². The molecule has 0 unspecified atom stereocenters. The highest BCUT2D eigenvalue weighted by atomic mass is 35.5. The molecule has 2 aromatic heterocycles. The second-order valence-corrected chi connectivity index (χ2v) is 5.23. The fourth-order valence-corrected chi connectivity index (χ4v) is 2.52. The number of carbonyl (C=O) groups excluding carboxylic acids is 2. The molecule has 2 amide bonds. The van der Waals surface area contributed by atoms with E-state index in [1.54, 1.807) is 25.1 Å². The zero-order valence-electron chi connectivity index (χ0n) is 11.8. The molecule has 0 saturated carbocycles. The van der Waals surface area contributed by atoms with Gasteiger partial charge in [0.05, 0.1) is 5.56 Å². The summed E-state index contributed by atoms with van der Waals surface area (Å²) in [5.41, 5.74) is 0.440. The lowest BCUT2D eigenvalue weighted by atomic mass is 10.2. The Morgan fingerprint density at radius 1 is 1.27 bits per heavy atom. The van der Waals surface area contributed by atoms with E-state index < -0.39 is 0 Å². The summed E-state index contributed by atoms with van der Waals surface area (Å²) in [6.07, 6.45) is 2.19. The Kier molecular flexibility index (Phi) is 3.81. The van der Waals surface area contributed by atoms with Gasteiger partial charge < -0.3 is 4.52 Å². The molecule has 8 heteroatoms. The van der Waals surface area contributed by atoms with Gasteiger partial charge in [0.2, 0.25) is 0 Å². The summed E-state index contributed by atoms with van der Waals surface area (Å²) < 4.78 is 4.91. The normalized spacial score (nSPS) is 14.5. The summed E-state index contributed by atoms with van der Waals surface area (Å²) in [7, 11) is 0. The van der Waals surface area contributed by atoms with Gasteiger partial charge >= 0.3 is 0 Å². The van der Waals surface area contributed by atoms with E-state index in [-0.39, 0.29) is 28.2 Å². The molecule has 2 aromatic rings. The molecule has 3 heterocycles. The van der Waals surface area contributed by atoms with Crippen LogP contribution in [0.1, 0.15) is 33.0 Å². The van der Waals surface area contributed by atoms with E-state index in [1.807, 2.05) is 0 Å². The molecule has 1 aliphatic rings. The van der Waals surface area contributed by atoms with Gasteiger partial charge in [-0.1, -0.05) is 16.8 Å². The van der Waals surface area contributed by atoms with E-state index in [4.69, 9.17) is 16.1 Å². The second-order valence-electron chi connectivity index (χ2n) is 4.87. The van der Waals surface area contributed by atoms with Crippen molar-refractivity contribution >= 4 is 23.4 Å². The van der Waals surface area contributed by atoms with Crippen molar-refractivity contribution in [3.8, 4) is 0 Å². The van der Waals surface area contributed by atoms with Crippen LogP contribution < -0.4 is 0 Å². The van der Waals surface area contributed by atoms with Crippen molar-refractivity contribution in [1.29, 1.82) is 0 Å². The lowest BCUT2D eigenvalue weighted by Crippen LogP contribution is -2.45. The molecule has 0 spiro atoms. The third-order valence-corrected chi connectivity index (χ3v) is 3.64. The van der Waals surface area contributed by atoms with Crippen LogP contribution in [0.4, 0.5) is 0 Å². The average molecular weight is 321 g/mol. The number of nitrogens with zero attached hydrogens (tertiary/aromatic N) is 4. The van der Waals surface area contributed by atoms with Crippen LogP contribution in [0, 0.1) is 6.92 Å². The zero-order chi connectivity index (χ0) is 15.7. The number of halogens is 1. The number of hydrazine groups is 1. The first-order chi connectivity index (χ1) is 10.6. The van der Waals surface area contributed by atoms with Gasteiger partial charge in [0.15, 0.2) is 5.69 Å². The first kappa shape index (κ1) is 14.5. The molecule has 0 bridgehead atoms. The van der Waals surface area contributed by atoms with Crippen LogP contribution in [0.15, 0.2) is 28.9 Å². The molecule has 0 N–H and O–H groups in total. The lowest BCUT2D eigenvalue weighted by Gasteiger charge is -2.27. The maximum atomic E-state index is 12.6. The molecule has 7 nitrogen and oxygen atoms in total. The van der Waals surface area contributed by atoms with E-state index in [1.165, 1.54) is 16.2 Å². The number of carbonyl (C=O) groups is 2. The highest BCUT2D eigenvalue weighted by Crippen LogP contribution is 2.21. The van der Waals surface area contributed by atoms with E-state index in [9.17, 15) is 9.59 Å². The van der Waals surface area contributed by atoms with Gasteiger partial charge in [-0.2, -0.15) is 0 Å². The van der Waals surface area contributed by atoms with Crippen molar-refractivity contribution in [3.63, 3.8) is 0 Å². The Hall–Kier alpha value is -2.41. The highest BCUT2D eigenvalue weighted by Gasteiger charge is 2.34. The van der Waals surface area contributed by atoms with Crippen LogP contribution in [0.5, 0.6) is 0 Å². The molecule has 114 valence electrons. The fourth-order valence-electron chi connectivity index (χ4n) is 2.32. The Labute approximate surface area is 131 Å². The number of hydrogen-bond donors (Lipinski definition) is 0. The minimum absolute atomic E-state index is 0.115. The third-order valence-electron chi connectivity index (χ3n) is 3.34. The smallest absolute Gasteiger partial charge is 0.294 e. The standard InChI is InChI=1S/C14H13ClN4O3/c1-9-8-11(17-22-9)14(21)19-7-3-6-18(19)13(20)10-4-2-5-16-12(10)15/h2,4-5,8H,3,6-7H2,1H3. The van der Waals surface area contributed by atoms with Gasteiger partial charge in [-0.25, -0.2) is 15.0 Å². The Bertz CT molecular complexity index is 730. The van der Waals surface area contributed by atoms with Crippen molar-refractivity contribution in [2.75, 3.05) is 13.1 Å². The number of aryl methyl sites for hydroxylation is 1. The SMILES string of the molecule is Cc1cc(C(=O)N2CCCN2C(=O)c2cccnc2Cl)no1. The first-order valence-electron chi connectivity index (χ1n) is 6.75. The van der Waals surface area contributed by atoms with Gasteiger partial charge in [0.1, 0.15) is 10.9 Å². The van der Waals surface area contributed by atoms with Crippen molar-refractivity contribution < 1.29 is 14.1 Å². The summed E-state index contributed by atoms with van der Waals surface area (Å²) >= 11 is 5.96. The number of amides is 2. The van der Waals surface area contributed by atoms with E-state index in [0.29, 0.717) is 25.3 Å². The van der Waals surface area contributed by atoms with Gasteiger partial charge in [-0.05, 0) is 25.5 Å². The predicted molar refractivity (Wildman–Crippen MR) is 77.2 cm³/mol. The largest absolute Gasteiger partial charge is 0.361 e. The highest BCUT2D eigenvalue weighted by molar-refractivity contribution is 6.32. The Morgan fingerprint density at radius 2 is 2.00 bits per heavy atom. The number of rotatable bonds is 2. The van der Waals surface area contributed by atoms with E-state index in [2.05, 4.69) is 10.1 Å². The van der Waals surface area contributed by atoms with Crippen LogP contribution in [-0.2, 0) is 0 Å². The molecular formula is C14H13ClN4O3. The zero-order valence-corrected chi connectivity index (χ0v) is 12.6. The minimum atomic E-state index is -0.372. The monoisotopic (exact) mass is 320 g/mol. The average Bonchev–Trinajstić information content (AvgIpc) is 3.15. The second kappa shape index (κ2) is 5.76. The summed E-state index contributed by atoms with van der Waals surface area (Å²) in [5.74, 6) is -0.192. The van der Waals surface area contributed by atoms with Crippen LogP contribution in [-0.4, -0.2) is 45.1 Å². The Morgan fingerprint density at radius 3 is 2.64 bits per heavy atom. The molecule has 1 fully saturated rings. The molecule has 1 saturated heterocycles. The van der Waals surface area contributed by atoms with Crippen LogP contribution in [0.25, 0.3) is 0 Å². The predicted octanol–water partition coefficient (Wildman–Crippen LogP) is 1.93. The van der Waals surface area contributed by atoms with Crippen LogP contribution in [0.2, 0.25) is 5.15 Å². The van der Waals surface area contributed by atoms with E-state index in [0.717, 1.165) is 0 Å². The number of aromatic nitrogens is 2. The molecule has 3 rings (SSSR count). The third kappa shape index (κ3) is 2.55. The summed E-state index contributed by atoms with van der Waals surface area (Å²) in [5, 5.41) is 6.55. The minimum Gasteiger partial charge on any atom is -0.361 e. The molecule has 0 aromatic carbocycles. The summed E-state index contributed by atoms with van der Waals surface area (Å²) in [4.78, 5) is 28.9. The van der Waals surface area contributed by atoms with E-state index >= 15 is 0 Å². The topological polar surface area (TPSA) is 79.5 Å². The fraction of sp³-hybridized carbons (Fsp3) is 0.286. The van der Waals surface area contributed by atoms with Crippen LogP contribution in [0.3, 0.4) is 0 Å². The van der Waals surface area contributed by atoms with Gasteiger partial charge in [-0.3, -0.25) is 9.59 Å². The van der Waals surface area contributed by atoms with Crippen molar-refractivity contribution in [3.05, 3.63) is 46.6 Å². The molecule has 1 aliphatic heterocycles. The van der Waals surface area contributed by atoms with Crippen molar-refractivity contribution in [2.45, 2.75) is 13.3 Å². The Balaban J connectivity index is 1.86. The quantitative estimate of drug-likeness (QED) is 0.790. The van der Waals surface area contributed by atoms with Crippen molar-refractivity contribution in [2.24, 2.45) is 0 Å². The van der Waals surface area contributed by atoms with Gasteiger partial charge in [0, 0.05) is 25.4 Å². The maximum absolute atomic E-state index is 12.6.